The number of nitrogens with two attached hydrogens (primary N) is 1. The number of halogens is 1. The molecule has 0 aromatic heterocycles. The molecule has 0 saturated carbocycles. The Kier molecular flexibility index (Phi) is 11.5. The van der Waals surface area contributed by atoms with E-state index in [1.54, 1.807) is 13.8 Å². The van der Waals surface area contributed by atoms with Crippen LogP contribution < -0.4 is 10.8 Å². The van der Waals surface area contributed by atoms with Crippen LogP contribution in [-0.2, 0) is 22.1 Å². The molecule has 1 atom stereocenters. The third-order valence-electron chi connectivity index (χ3n) is 3.80. The molecule has 0 radical (unpaired) electrons. The molecule has 2 N–H and O–H groups in total. The number of carboxylic acid groups (broad SMARTS) is 1. The van der Waals surface area contributed by atoms with E-state index in [1.165, 1.54) is 27.8 Å². The zero-order chi connectivity index (χ0) is 16.6. The summed E-state index contributed by atoms with van der Waals surface area (Å²) in [6, 6.07) is -0.824. The summed E-state index contributed by atoms with van der Waals surface area (Å²) in [6.45, 7) is 14.5. The van der Waals surface area contributed by atoms with Gasteiger partial charge in [-0.25, -0.2) is 0 Å². The van der Waals surface area contributed by atoms with E-state index >= 15 is 0 Å². The molecule has 0 saturated heterocycles. The van der Waals surface area contributed by atoms with E-state index in [9.17, 15) is 9.90 Å². The number of aliphatic carboxylic acids is 1. The maximum atomic E-state index is 9.90. The fraction of sp³-hybridized carbons (Fsp3) is 0.600. The number of carbonyl (C=O) groups excluding carboxylic acids is 1. The van der Waals surface area contributed by atoms with Gasteiger partial charge in [0.25, 0.3) is 0 Å². The van der Waals surface area contributed by atoms with Gasteiger partial charge in [-0.1, -0.05) is 48.5 Å². The normalized spacial score (nSPS) is 11.2. The van der Waals surface area contributed by atoms with Gasteiger partial charge in [-0.3, -0.25) is 0 Å². The van der Waals surface area contributed by atoms with Crippen molar-refractivity contribution >= 4 is 15.7 Å². The van der Waals surface area contributed by atoms with Gasteiger partial charge >= 0.3 is 27.0 Å². The van der Waals surface area contributed by atoms with E-state index in [2.05, 4.69) is 44.3 Å². The first-order valence-electron chi connectivity index (χ1n) is 6.39. The molecule has 0 unspecified atom stereocenters. The van der Waals surface area contributed by atoms with Crippen LogP contribution in [0.4, 0.5) is 0 Å². The van der Waals surface area contributed by atoms with Gasteiger partial charge in [-0.05, 0) is 5.92 Å². The van der Waals surface area contributed by atoms with Gasteiger partial charge in [-0.2, -0.15) is 27.8 Å². The van der Waals surface area contributed by atoms with Gasteiger partial charge in [0.1, 0.15) is 0 Å². The van der Waals surface area contributed by atoms with E-state index in [0.717, 1.165) is 0 Å². The van der Waals surface area contributed by atoms with Crippen molar-refractivity contribution in [1.29, 1.82) is 0 Å². The summed E-state index contributed by atoms with van der Waals surface area (Å²) >= 11 is 2.02. The van der Waals surface area contributed by atoms with Crippen LogP contribution in [0.2, 0.25) is 0 Å². The van der Waals surface area contributed by atoms with Crippen molar-refractivity contribution in [2.75, 3.05) is 0 Å². The molecule has 0 aliphatic heterocycles. The summed E-state index contributed by atoms with van der Waals surface area (Å²) in [4.78, 5) is 9.90. The van der Waals surface area contributed by atoms with Crippen LogP contribution in [0.5, 0.6) is 0 Å². The first kappa shape index (κ1) is 22.0. The molecule has 5 heteroatoms. The fourth-order valence-corrected chi connectivity index (χ4v) is 1.68. The molecule has 20 heavy (non-hydrogen) atoms. The molecular weight excluding hydrogens is 365 g/mol. The van der Waals surface area contributed by atoms with Gasteiger partial charge in [0.15, 0.2) is 0 Å². The average molecular weight is 390 g/mol. The fourth-order valence-electron chi connectivity index (χ4n) is 1.68. The zero-order valence-corrected chi connectivity index (χ0v) is 15.7. The van der Waals surface area contributed by atoms with Crippen LogP contribution in [0, 0.1) is 40.5 Å². The van der Waals surface area contributed by atoms with Gasteiger partial charge in [-0.15, -0.1) is 0 Å². The van der Waals surface area contributed by atoms with Crippen molar-refractivity contribution in [2.24, 2.45) is 11.7 Å². The van der Waals surface area contributed by atoms with Crippen molar-refractivity contribution in [3.8, 4) is 0 Å². The Hall–Kier alpha value is -0.307. The molecule has 0 amide bonds. The molecule has 0 bridgehead atoms. The van der Waals surface area contributed by atoms with Crippen molar-refractivity contribution in [1.82, 2.24) is 0 Å². The van der Waals surface area contributed by atoms with Crippen molar-refractivity contribution in [3.63, 3.8) is 0 Å². The third-order valence-corrected chi connectivity index (χ3v) is 3.80. The summed E-state index contributed by atoms with van der Waals surface area (Å²) in [5.41, 5.74) is 12.4. The molecule has 1 aromatic rings. The number of carbonyl (C=O) groups is 1. The Morgan fingerprint density at radius 2 is 1.45 bits per heavy atom. The van der Waals surface area contributed by atoms with Gasteiger partial charge in [0.2, 0.25) is 0 Å². The van der Waals surface area contributed by atoms with E-state index < -0.39 is 12.0 Å². The Morgan fingerprint density at radius 1 is 1.15 bits per heavy atom. The first-order valence-corrected chi connectivity index (χ1v) is 8.50. The van der Waals surface area contributed by atoms with E-state index in [1.807, 2.05) is 17.3 Å². The van der Waals surface area contributed by atoms with Crippen LogP contribution in [0.3, 0.4) is 0 Å². The first-order chi connectivity index (χ1) is 9.11. The zero-order valence-electron chi connectivity index (χ0n) is 13.3. The Balaban J connectivity index is 0. The number of hydrogen-bond donors (Lipinski definition) is 1. The molecule has 3 nitrogen and oxygen atoms in total. The molecular formula is C15H25ClNO2Rh. The maximum absolute atomic E-state index is 9.90. The van der Waals surface area contributed by atoms with Crippen molar-refractivity contribution < 1.29 is 27.2 Å². The number of rotatable bonds is 2. The van der Waals surface area contributed by atoms with E-state index in [0.29, 0.717) is 0 Å². The van der Waals surface area contributed by atoms with Crippen LogP contribution in [0.25, 0.3) is 0 Å². The predicted molar refractivity (Wildman–Crippen MR) is 79.4 cm³/mol. The van der Waals surface area contributed by atoms with Crippen LogP contribution >= 0.6 is 9.69 Å². The Bertz CT molecular complexity index is 348. The monoisotopic (exact) mass is 389 g/mol. The molecule has 0 spiro atoms. The van der Waals surface area contributed by atoms with Gasteiger partial charge in [0, 0.05) is 6.04 Å². The second kappa shape index (κ2) is 10.4. The van der Waals surface area contributed by atoms with E-state index in [4.69, 9.17) is 5.73 Å². The standard InChI is InChI=1S/C10H15.C5H11NO2.ClH.Rh/c1-6-7(2)9(4)10(5)8(6)3;1-3(2)4(6)5(7)8;;/h1-5H3;3-4H,6H2,1-2H3,(H,7,8);1H;/q-1;;;+3/p-2/t;4-;;/m.1../s1. The SMILES string of the molecule is CC(C)[C@@H](N)C(=O)[O-].Cc1c(C)c(C)[c-](C)c1C.[Cl][Rh+2]. The summed E-state index contributed by atoms with van der Waals surface area (Å²) in [5, 5.41) is 9.90. The van der Waals surface area contributed by atoms with Crippen LogP contribution in [-0.4, -0.2) is 12.0 Å². The molecule has 0 aliphatic carbocycles. The van der Waals surface area contributed by atoms with Crippen molar-refractivity contribution in [2.45, 2.75) is 54.5 Å². The van der Waals surface area contributed by atoms with Gasteiger partial charge in [0.05, 0.1) is 5.97 Å². The Morgan fingerprint density at radius 3 is 1.50 bits per heavy atom. The topological polar surface area (TPSA) is 66.2 Å². The quantitative estimate of drug-likeness (QED) is 0.624. The average Bonchev–Trinajstić information content (AvgIpc) is 2.59. The minimum absolute atomic E-state index is 0.0417. The molecule has 1 aromatic carbocycles. The molecule has 1 rings (SSSR count). The predicted octanol–water partition coefficient (Wildman–Crippen LogP) is 2.35. The van der Waals surface area contributed by atoms with Crippen molar-refractivity contribution in [3.05, 3.63) is 27.8 Å². The summed E-state index contributed by atoms with van der Waals surface area (Å²) in [6.07, 6.45) is 0. The molecule has 118 valence electrons. The summed E-state index contributed by atoms with van der Waals surface area (Å²) in [5.74, 6) is -1.22. The second-order valence-electron chi connectivity index (χ2n) is 5.21. The molecule has 0 aliphatic rings. The summed E-state index contributed by atoms with van der Waals surface area (Å²) < 4.78 is 0. The summed E-state index contributed by atoms with van der Waals surface area (Å²) in [7, 11) is 4.53. The van der Waals surface area contributed by atoms with Crippen LogP contribution in [0.15, 0.2) is 0 Å². The molecule has 0 fully saturated rings. The van der Waals surface area contributed by atoms with Gasteiger partial charge < -0.3 is 15.6 Å². The van der Waals surface area contributed by atoms with Crippen LogP contribution in [0.1, 0.15) is 41.7 Å². The third kappa shape index (κ3) is 6.43. The Labute approximate surface area is 137 Å². The number of hydrogen-bond acceptors (Lipinski definition) is 3. The minimum atomic E-state index is -1.18. The molecule has 0 heterocycles. The second-order valence-corrected chi connectivity index (χ2v) is 5.21. The van der Waals surface area contributed by atoms with E-state index in [-0.39, 0.29) is 5.92 Å². The number of carboxylic acids is 1.